The van der Waals surface area contributed by atoms with Crippen molar-refractivity contribution in [2.45, 2.75) is 83.5 Å². The summed E-state index contributed by atoms with van der Waals surface area (Å²) in [6.45, 7) is 5.66. The highest BCUT2D eigenvalue weighted by Gasteiger charge is 2.32. The number of aliphatic hydroxyl groups excluding tert-OH is 1. The molecule has 6 N–H and O–H groups in total. The van der Waals surface area contributed by atoms with Crippen LogP contribution in [0.3, 0.4) is 0 Å². The zero-order chi connectivity index (χ0) is 30.2. The van der Waals surface area contributed by atoms with E-state index in [2.05, 4.69) is 31.2 Å². The number of carbonyl (C=O) groups is 4. The van der Waals surface area contributed by atoms with Gasteiger partial charge >= 0.3 is 0 Å². The molecular formula is C30H40N6O6. The smallest absolute Gasteiger partial charge is 0.273 e. The van der Waals surface area contributed by atoms with Gasteiger partial charge in [0, 0.05) is 30.1 Å². The van der Waals surface area contributed by atoms with E-state index in [0.29, 0.717) is 32.2 Å². The van der Waals surface area contributed by atoms with E-state index < -0.39 is 42.0 Å². The fourth-order valence-corrected chi connectivity index (χ4v) is 5.05. The van der Waals surface area contributed by atoms with Crippen LogP contribution in [0.15, 0.2) is 41.1 Å². The molecule has 0 fully saturated rings. The van der Waals surface area contributed by atoms with Gasteiger partial charge in [0.2, 0.25) is 23.6 Å². The van der Waals surface area contributed by atoms with Gasteiger partial charge in [0.15, 0.2) is 5.69 Å². The number of oxazole rings is 1. The third-order valence-electron chi connectivity index (χ3n) is 7.29. The number of aromatic amines is 1. The van der Waals surface area contributed by atoms with Gasteiger partial charge in [-0.25, -0.2) is 4.98 Å². The third kappa shape index (κ3) is 7.96. The Balaban J connectivity index is 1.49. The topological polar surface area (TPSA) is 178 Å². The summed E-state index contributed by atoms with van der Waals surface area (Å²) in [6, 6.07) is 4.91. The van der Waals surface area contributed by atoms with Gasteiger partial charge in [-0.1, -0.05) is 32.0 Å². The quantitative estimate of drug-likeness (QED) is 0.248. The van der Waals surface area contributed by atoms with E-state index in [1.54, 1.807) is 0 Å². The number of fused-ring (bicyclic) bond motifs is 3. The summed E-state index contributed by atoms with van der Waals surface area (Å²) in [6.07, 6.45) is 4.32. The second-order valence-electron chi connectivity index (χ2n) is 11.2. The van der Waals surface area contributed by atoms with Crippen molar-refractivity contribution >= 4 is 34.5 Å². The van der Waals surface area contributed by atoms with Gasteiger partial charge in [-0.3, -0.25) is 19.2 Å². The lowest BCUT2D eigenvalue weighted by Gasteiger charge is -2.27. The van der Waals surface area contributed by atoms with Crippen LogP contribution in [0, 0.1) is 5.92 Å². The van der Waals surface area contributed by atoms with E-state index in [0.717, 1.165) is 16.5 Å². The highest BCUT2D eigenvalue weighted by molar-refractivity contribution is 5.93. The number of rotatable bonds is 7. The Hall–Kier alpha value is -4.19. The molecule has 3 heterocycles. The number of nitrogens with one attached hydrogen (secondary N) is 5. The number of aryl methyl sites for hydroxylation is 1. The first-order chi connectivity index (χ1) is 20.1. The zero-order valence-electron chi connectivity index (χ0n) is 24.2. The summed E-state index contributed by atoms with van der Waals surface area (Å²) in [5.41, 5.74) is 2.08. The molecule has 1 aromatic carbocycles. The van der Waals surface area contributed by atoms with Gasteiger partial charge in [-0.15, -0.1) is 0 Å². The van der Waals surface area contributed by atoms with Crippen molar-refractivity contribution in [2.75, 3.05) is 6.54 Å². The molecule has 0 saturated heterocycles. The molecule has 0 aliphatic carbocycles. The average Bonchev–Trinajstić information content (AvgIpc) is 3.60. The van der Waals surface area contributed by atoms with Crippen molar-refractivity contribution in [1.29, 1.82) is 0 Å². The maximum atomic E-state index is 13.4. The lowest BCUT2D eigenvalue weighted by Crippen LogP contribution is -2.57. The zero-order valence-corrected chi connectivity index (χ0v) is 24.2. The number of benzene rings is 1. The summed E-state index contributed by atoms with van der Waals surface area (Å²) in [4.78, 5) is 59.8. The van der Waals surface area contributed by atoms with Gasteiger partial charge in [0.25, 0.3) is 5.91 Å². The maximum absolute atomic E-state index is 13.4. The fraction of sp³-hybridized carbons (Fsp3) is 0.500. The van der Waals surface area contributed by atoms with Gasteiger partial charge in [0.05, 0.1) is 6.10 Å². The first-order valence-corrected chi connectivity index (χ1v) is 14.5. The molecule has 4 amide bonds. The minimum absolute atomic E-state index is 0.0980. The number of amides is 4. The highest BCUT2D eigenvalue weighted by atomic mass is 16.3. The van der Waals surface area contributed by atoms with E-state index in [9.17, 15) is 24.3 Å². The molecule has 1 aliphatic heterocycles. The molecule has 226 valence electrons. The number of carbonyl (C=O) groups excluding carboxylic acids is 4. The largest absolute Gasteiger partial charge is 0.446 e. The SMILES string of the molecule is CC(C)C[C@@H]1NC(=O)[C@H]([C@@H](C)O)NC(=O)[C@@H](NC(=O)CCc2c[nH]c3ccccc23)CCCCNC(=O)c2coc1n2. The fourth-order valence-electron chi connectivity index (χ4n) is 5.05. The van der Waals surface area contributed by atoms with Crippen molar-refractivity contribution in [2.24, 2.45) is 5.92 Å². The Kier molecular flexibility index (Phi) is 10.3. The first kappa shape index (κ1) is 30.8. The van der Waals surface area contributed by atoms with Crippen molar-refractivity contribution in [1.82, 2.24) is 31.2 Å². The van der Waals surface area contributed by atoms with E-state index in [4.69, 9.17) is 4.42 Å². The average molecular weight is 581 g/mol. The van der Waals surface area contributed by atoms with Crippen LogP contribution in [-0.2, 0) is 20.8 Å². The molecule has 0 radical (unpaired) electrons. The van der Waals surface area contributed by atoms with Crippen molar-refractivity contribution < 1.29 is 28.7 Å². The highest BCUT2D eigenvalue weighted by Crippen LogP contribution is 2.22. The standard InChI is InChI=1S/C30H40N6O6/c1-17(2)14-23-30-35-24(16-42-30)27(39)31-13-7-6-10-22(28(40)36-26(18(3)37)29(41)34-23)33-25(38)12-11-19-15-32-21-9-5-4-8-20(19)21/h4-5,8-9,15-18,22-23,26,32,37H,6-7,10-14H2,1-3H3,(H,31,39)(H,33,38)(H,34,41)(H,36,40)/t18-,22+,23+,26+/m1/s1. The second kappa shape index (κ2) is 14.1. The molecule has 0 saturated carbocycles. The molecule has 0 spiro atoms. The predicted molar refractivity (Wildman–Crippen MR) is 155 cm³/mol. The molecule has 4 atom stereocenters. The lowest BCUT2D eigenvalue weighted by atomic mass is 10.0. The molecule has 2 aromatic heterocycles. The van der Waals surface area contributed by atoms with Crippen LogP contribution in [0.1, 0.15) is 80.9 Å². The van der Waals surface area contributed by atoms with Crippen LogP contribution in [-0.4, -0.2) is 63.4 Å². The molecule has 0 unspecified atom stereocenters. The molecule has 42 heavy (non-hydrogen) atoms. The summed E-state index contributed by atoms with van der Waals surface area (Å²) in [7, 11) is 0. The van der Waals surface area contributed by atoms with Crippen molar-refractivity contribution in [3.05, 3.63) is 53.9 Å². The predicted octanol–water partition coefficient (Wildman–Crippen LogP) is 2.26. The molecular weight excluding hydrogens is 540 g/mol. The van der Waals surface area contributed by atoms with Crippen LogP contribution in [0.4, 0.5) is 0 Å². The van der Waals surface area contributed by atoms with E-state index in [1.165, 1.54) is 13.2 Å². The molecule has 12 nitrogen and oxygen atoms in total. The Bertz CT molecular complexity index is 1400. The van der Waals surface area contributed by atoms with Gasteiger partial charge in [-0.05, 0) is 56.6 Å². The number of para-hydroxylation sites is 1. The summed E-state index contributed by atoms with van der Waals surface area (Å²) >= 11 is 0. The number of H-pyrrole nitrogens is 1. The minimum atomic E-state index is -1.29. The van der Waals surface area contributed by atoms with Crippen molar-refractivity contribution in [3.63, 3.8) is 0 Å². The maximum Gasteiger partial charge on any atom is 0.273 e. The number of aliphatic hydroxyl groups is 1. The van der Waals surface area contributed by atoms with Gasteiger partial charge in [-0.2, -0.15) is 0 Å². The monoisotopic (exact) mass is 580 g/mol. The molecule has 2 bridgehead atoms. The lowest BCUT2D eigenvalue weighted by molar-refractivity contribution is -0.134. The summed E-state index contributed by atoms with van der Waals surface area (Å²) in [5.74, 6) is -1.64. The first-order valence-electron chi connectivity index (χ1n) is 14.5. The van der Waals surface area contributed by atoms with Gasteiger partial charge in [0.1, 0.15) is 24.4 Å². The number of nitrogens with zero attached hydrogens (tertiary/aromatic N) is 1. The Labute approximate surface area is 244 Å². The Morgan fingerprint density at radius 2 is 1.90 bits per heavy atom. The van der Waals surface area contributed by atoms with Crippen LogP contribution in [0.5, 0.6) is 0 Å². The van der Waals surface area contributed by atoms with Crippen LogP contribution < -0.4 is 21.3 Å². The van der Waals surface area contributed by atoms with Crippen LogP contribution in [0.2, 0.25) is 0 Å². The molecule has 12 heteroatoms. The van der Waals surface area contributed by atoms with Gasteiger partial charge < -0.3 is 35.8 Å². The van der Waals surface area contributed by atoms with E-state index in [1.807, 2.05) is 44.3 Å². The molecule has 1 aliphatic rings. The second-order valence-corrected chi connectivity index (χ2v) is 11.2. The summed E-state index contributed by atoms with van der Waals surface area (Å²) in [5, 5.41) is 22.5. The normalized spacial score (nSPS) is 21.5. The molecule has 3 aromatic rings. The van der Waals surface area contributed by atoms with Crippen molar-refractivity contribution in [3.8, 4) is 0 Å². The third-order valence-corrected chi connectivity index (χ3v) is 7.29. The van der Waals surface area contributed by atoms with Crippen LogP contribution in [0.25, 0.3) is 10.9 Å². The Morgan fingerprint density at radius 1 is 1.12 bits per heavy atom. The summed E-state index contributed by atoms with van der Waals surface area (Å²) < 4.78 is 5.54. The minimum Gasteiger partial charge on any atom is -0.446 e. The van der Waals surface area contributed by atoms with E-state index >= 15 is 0 Å². The Morgan fingerprint density at radius 3 is 2.67 bits per heavy atom. The number of hydrogen-bond acceptors (Lipinski definition) is 7. The van der Waals surface area contributed by atoms with E-state index in [-0.39, 0.29) is 36.3 Å². The van der Waals surface area contributed by atoms with Crippen LogP contribution >= 0.6 is 0 Å². The molecule has 4 rings (SSSR count). The number of hydrogen-bond donors (Lipinski definition) is 6. The number of aromatic nitrogens is 2.